The van der Waals surface area contributed by atoms with Crippen molar-refractivity contribution in [3.63, 3.8) is 0 Å². The molecule has 0 saturated heterocycles. The van der Waals surface area contributed by atoms with Crippen LogP contribution in [0.1, 0.15) is 10.4 Å². The average molecular weight is 381 g/mol. The van der Waals surface area contributed by atoms with Gasteiger partial charge in [0.15, 0.2) is 16.6 Å². The number of nitrogens with zero attached hydrogens (tertiary/aromatic N) is 3. The number of imidazole rings is 1. The number of ketones is 1. The van der Waals surface area contributed by atoms with Crippen LogP contribution in [0.4, 0.5) is 0 Å². The molecule has 6 nitrogen and oxygen atoms in total. The van der Waals surface area contributed by atoms with Gasteiger partial charge < -0.3 is 4.98 Å². The summed E-state index contributed by atoms with van der Waals surface area (Å²) in [6.45, 7) is 0. The zero-order valence-corrected chi connectivity index (χ0v) is 15.3. The first kappa shape index (κ1) is 16.9. The number of rotatable bonds is 4. The molecule has 9 heteroatoms. The van der Waals surface area contributed by atoms with Gasteiger partial charge in [-0.15, -0.1) is 0 Å². The predicted molar refractivity (Wildman–Crippen MR) is 97.6 cm³/mol. The van der Waals surface area contributed by atoms with E-state index in [1.54, 1.807) is 38.4 Å². The van der Waals surface area contributed by atoms with Gasteiger partial charge in [-0.2, -0.15) is 0 Å². The van der Waals surface area contributed by atoms with Gasteiger partial charge >= 0.3 is 5.69 Å². The molecule has 0 atom stereocenters. The molecule has 1 N–H and O–H groups in total. The van der Waals surface area contributed by atoms with Crippen LogP contribution in [-0.4, -0.2) is 30.6 Å². The molecule has 0 amide bonds. The number of halogens is 1. The molecule has 1 aromatic carbocycles. The number of thioether (sulfide) groups is 1. The van der Waals surface area contributed by atoms with Crippen LogP contribution < -0.4 is 5.69 Å². The number of carbonyl (C=O) groups excluding carboxylic acids is 1. The van der Waals surface area contributed by atoms with E-state index in [1.165, 1.54) is 20.9 Å². The van der Waals surface area contributed by atoms with Crippen LogP contribution in [0, 0.1) is 4.64 Å². The molecule has 24 heavy (non-hydrogen) atoms. The highest BCUT2D eigenvalue weighted by molar-refractivity contribution is 7.99. The largest absolute Gasteiger partial charge is 0.330 e. The van der Waals surface area contributed by atoms with E-state index in [0.717, 1.165) is 0 Å². The van der Waals surface area contributed by atoms with Gasteiger partial charge in [-0.1, -0.05) is 35.6 Å². The molecule has 0 radical (unpaired) electrons. The monoisotopic (exact) mass is 380 g/mol. The molecule has 0 fully saturated rings. The number of aromatic nitrogens is 4. The number of aromatic amines is 1. The summed E-state index contributed by atoms with van der Waals surface area (Å²) in [6.07, 6.45) is 0. The SMILES string of the molecule is Cn1c(=S)c2[nH]c(SCC(=O)c3ccc(Cl)cc3)nc2n(C)c1=O. The molecule has 3 rings (SSSR count). The Hall–Kier alpha value is -1.90. The van der Waals surface area contributed by atoms with Crippen molar-refractivity contribution < 1.29 is 4.79 Å². The molecule has 0 aliphatic carbocycles. The van der Waals surface area contributed by atoms with E-state index in [4.69, 9.17) is 23.8 Å². The summed E-state index contributed by atoms with van der Waals surface area (Å²) in [6, 6.07) is 6.74. The summed E-state index contributed by atoms with van der Waals surface area (Å²) in [5.41, 5.74) is 1.43. The number of H-pyrrole nitrogens is 1. The summed E-state index contributed by atoms with van der Waals surface area (Å²) in [5.74, 6) is 0.184. The van der Waals surface area contributed by atoms with Gasteiger partial charge in [0.05, 0.1) is 5.75 Å². The third-order valence-corrected chi connectivity index (χ3v) is 5.18. The smallest absolute Gasteiger partial charge is 0.329 e. The lowest BCUT2D eigenvalue weighted by Crippen LogP contribution is -2.27. The van der Waals surface area contributed by atoms with Gasteiger partial charge in [0.1, 0.15) is 10.2 Å². The number of benzene rings is 1. The van der Waals surface area contributed by atoms with Gasteiger partial charge in [-0.05, 0) is 24.3 Å². The fourth-order valence-corrected chi connectivity index (χ4v) is 3.33. The maximum atomic E-state index is 12.2. The minimum Gasteiger partial charge on any atom is -0.329 e. The first-order chi connectivity index (χ1) is 11.4. The van der Waals surface area contributed by atoms with Crippen LogP contribution in [0.2, 0.25) is 5.02 Å². The van der Waals surface area contributed by atoms with Crippen molar-refractivity contribution in [3.8, 4) is 0 Å². The molecular weight excluding hydrogens is 368 g/mol. The molecular formula is C15H13ClN4O2S2. The summed E-state index contributed by atoms with van der Waals surface area (Å²) in [7, 11) is 3.25. The van der Waals surface area contributed by atoms with E-state index in [2.05, 4.69) is 9.97 Å². The Morgan fingerprint density at radius 3 is 2.62 bits per heavy atom. The van der Waals surface area contributed by atoms with Crippen LogP contribution in [0.3, 0.4) is 0 Å². The maximum absolute atomic E-state index is 12.2. The summed E-state index contributed by atoms with van der Waals surface area (Å²) in [5, 5.41) is 1.13. The Kier molecular flexibility index (Phi) is 4.62. The van der Waals surface area contributed by atoms with Gasteiger partial charge in [-0.25, -0.2) is 9.78 Å². The van der Waals surface area contributed by atoms with Crippen molar-refractivity contribution in [1.29, 1.82) is 0 Å². The van der Waals surface area contributed by atoms with E-state index in [0.29, 0.717) is 31.5 Å². The molecule has 3 aromatic rings. The van der Waals surface area contributed by atoms with E-state index in [-0.39, 0.29) is 17.2 Å². The Labute approximate surface area is 151 Å². The van der Waals surface area contributed by atoms with Crippen molar-refractivity contribution in [2.45, 2.75) is 5.16 Å². The normalized spacial score (nSPS) is 11.1. The third-order valence-electron chi connectivity index (χ3n) is 3.58. The van der Waals surface area contributed by atoms with Crippen LogP contribution >= 0.6 is 35.6 Å². The van der Waals surface area contributed by atoms with Gasteiger partial charge in [0.25, 0.3) is 0 Å². The summed E-state index contributed by atoms with van der Waals surface area (Å²) >= 11 is 12.4. The zero-order chi connectivity index (χ0) is 17.4. The Morgan fingerprint density at radius 1 is 1.29 bits per heavy atom. The minimum absolute atomic E-state index is 0.0323. The Bertz CT molecular complexity index is 1050. The fraction of sp³-hybridized carbons (Fsp3) is 0.200. The molecule has 2 aromatic heterocycles. The summed E-state index contributed by atoms with van der Waals surface area (Å²) < 4.78 is 3.19. The summed E-state index contributed by atoms with van der Waals surface area (Å²) in [4.78, 5) is 31.7. The molecule has 124 valence electrons. The van der Waals surface area contributed by atoms with Crippen LogP contribution in [0.5, 0.6) is 0 Å². The molecule has 0 saturated carbocycles. The van der Waals surface area contributed by atoms with Crippen molar-refractivity contribution >= 4 is 52.5 Å². The van der Waals surface area contributed by atoms with Crippen LogP contribution in [-0.2, 0) is 14.1 Å². The van der Waals surface area contributed by atoms with Gasteiger partial charge in [0, 0.05) is 24.7 Å². The Balaban J connectivity index is 1.86. The number of hydrogen-bond acceptors (Lipinski definition) is 5. The molecule has 0 aliphatic rings. The average Bonchev–Trinajstić information content (AvgIpc) is 3.01. The zero-order valence-electron chi connectivity index (χ0n) is 12.9. The van der Waals surface area contributed by atoms with Crippen molar-refractivity contribution in [2.75, 3.05) is 5.75 Å². The second kappa shape index (κ2) is 6.54. The van der Waals surface area contributed by atoms with Gasteiger partial charge in [-0.3, -0.25) is 13.9 Å². The number of carbonyl (C=O) groups is 1. The molecule has 0 bridgehead atoms. The quantitative estimate of drug-likeness (QED) is 0.428. The molecule has 2 heterocycles. The van der Waals surface area contributed by atoms with E-state index < -0.39 is 0 Å². The highest BCUT2D eigenvalue weighted by Gasteiger charge is 2.13. The lowest BCUT2D eigenvalue weighted by Gasteiger charge is -2.02. The van der Waals surface area contributed by atoms with Crippen LogP contribution in [0.15, 0.2) is 34.2 Å². The highest BCUT2D eigenvalue weighted by Crippen LogP contribution is 2.20. The highest BCUT2D eigenvalue weighted by atomic mass is 35.5. The van der Waals surface area contributed by atoms with Crippen molar-refractivity contribution in [1.82, 2.24) is 19.1 Å². The lowest BCUT2D eigenvalue weighted by atomic mass is 10.1. The molecule has 0 aliphatic heterocycles. The topological polar surface area (TPSA) is 72.7 Å². The number of nitrogens with one attached hydrogen (secondary N) is 1. The number of aryl methyl sites for hydroxylation is 1. The minimum atomic E-state index is -0.243. The first-order valence-corrected chi connectivity index (χ1v) is 8.73. The molecule has 0 spiro atoms. The van der Waals surface area contributed by atoms with E-state index >= 15 is 0 Å². The first-order valence-electron chi connectivity index (χ1n) is 6.96. The van der Waals surface area contributed by atoms with Crippen molar-refractivity contribution in [2.24, 2.45) is 14.1 Å². The molecule has 0 unspecified atom stereocenters. The standard InChI is InChI=1S/C15H13ClN4O2S2/c1-19-12-11(13(23)20(2)15(19)22)17-14(18-12)24-7-10(21)8-3-5-9(16)6-4-8/h3-6H,7H2,1-2H3,(H,17,18). The second-order valence-electron chi connectivity index (χ2n) is 5.17. The number of fused-ring (bicyclic) bond motifs is 1. The maximum Gasteiger partial charge on any atom is 0.330 e. The predicted octanol–water partition coefficient (Wildman–Crippen LogP) is 2.96. The number of hydrogen-bond donors (Lipinski definition) is 1. The van der Waals surface area contributed by atoms with Gasteiger partial charge in [0.2, 0.25) is 0 Å². The fourth-order valence-electron chi connectivity index (χ4n) is 2.23. The number of Topliss-reactive ketones (excluding diaryl/α,β-unsaturated/α-hetero) is 1. The van der Waals surface area contributed by atoms with E-state index in [9.17, 15) is 9.59 Å². The van der Waals surface area contributed by atoms with Crippen LogP contribution in [0.25, 0.3) is 11.2 Å². The lowest BCUT2D eigenvalue weighted by molar-refractivity contribution is 0.102. The van der Waals surface area contributed by atoms with Crippen molar-refractivity contribution in [3.05, 3.63) is 50.0 Å². The third kappa shape index (κ3) is 3.04. The second-order valence-corrected chi connectivity index (χ2v) is 6.95. The van der Waals surface area contributed by atoms with E-state index in [1.807, 2.05) is 0 Å². The Morgan fingerprint density at radius 2 is 1.96 bits per heavy atom.